The SMILES string of the molecule is C[C@@H](N)C1(c2ccccc2)CCCC1. The highest BCUT2D eigenvalue weighted by atomic mass is 14.7. The molecule has 1 aromatic rings. The summed E-state index contributed by atoms with van der Waals surface area (Å²) in [5, 5.41) is 0. The zero-order chi connectivity index (χ0) is 10.0. The van der Waals surface area contributed by atoms with Crippen LogP contribution in [0.3, 0.4) is 0 Å². The van der Waals surface area contributed by atoms with E-state index in [0.29, 0.717) is 0 Å². The van der Waals surface area contributed by atoms with Crippen LogP contribution in [0.25, 0.3) is 0 Å². The maximum absolute atomic E-state index is 6.16. The molecule has 2 rings (SSSR count). The van der Waals surface area contributed by atoms with Gasteiger partial charge in [0.15, 0.2) is 0 Å². The van der Waals surface area contributed by atoms with Crippen molar-refractivity contribution < 1.29 is 0 Å². The maximum atomic E-state index is 6.16. The zero-order valence-corrected chi connectivity index (χ0v) is 8.87. The van der Waals surface area contributed by atoms with Crippen molar-refractivity contribution in [2.75, 3.05) is 0 Å². The second-order valence-electron chi connectivity index (χ2n) is 4.52. The van der Waals surface area contributed by atoms with Crippen molar-refractivity contribution >= 4 is 0 Å². The average Bonchev–Trinajstić information content (AvgIpc) is 2.69. The molecule has 1 aliphatic rings. The third-order valence-electron chi connectivity index (χ3n) is 3.72. The highest BCUT2D eigenvalue weighted by Gasteiger charge is 2.38. The third-order valence-corrected chi connectivity index (χ3v) is 3.72. The van der Waals surface area contributed by atoms with Crippen molar-refractivity contribution in [3.8, 4) is 0 Å². The van der Waals surface area contributed by atoms with Crippen molar-refractivity contribution in [2.45, 2.75) is 44.1 Å². The highest BCUT2D eigenvalue weighted by molar-refractivity contribution is 5.28. The monoisotopic (exact) mass is 189 g/mol. The van der Waals surface area contributed by atoms with E-state index in [-0.39, 0.29) is 11.5 Å². The van der Waals surface area contributed by atoms with E-state index in [1.165, 1.54) is 31.2 Å². The Balaban J connectivity index is 2.36. The largest absolute Gasteiger partial charge is 0.327 e. The van der Waals surface area contributed by atoms with Crippen LogP contribution in [0.1, 0.15) is 38.2 Å². The van der Waals surface area contributed by atoms with E-state index in [4.69, 9.17) is 5.73 Å². The fraction of sp³-hybridized carbons (Fsp3) is 0.538. The van der Waals surface area contributed by atoms with E-state index >= 15 is 0 Å². The smallest absolute Gasteiger partial charge is 0.0108 e. The predicted octanol–water partition coefficient (Wildman–Crippen LogP) is 2.85. The second kappa shape index (κ2) is 3.74. The quantitative estimate of drug-likeness (QED) is 0.760. The molecule has 0 saturated heterocycles. The molecule has 1 atom stereocenters. The molecular formula is C13H19N. The molecule has 1 fully saturated rings. The van der Waals surface area contributed by atoms with Gasteiger partial charge in [-0.3, -0.25) is 0 Å². The Kier molecular flexibility index (Phi) is 2.60. The molecule has 0 heterocycles. The summed E-state index contributed by atoms with van der Waals surface area (Å²) in [6.45, 7) is 2.15. The van der Waals surface area contributed by atoms with Crippen molar-refractivity contribution in [3.63, 3.8) is 0 Å². The van der Waals surface area contributed by atoms with E-state index in [0.717, 1.165) is 0 Å². The Morgan fingerprint density at radius 1 is 1.14 bits per heavy atom. The molecule has 0 unspecified atom stereocenters. The van der Waals surface area contributed by atoms with E-state index in [1.54, 1.807) is 0 Å². The van der Waals surface area contributed by atoms with E-state index in [2.05, 4.69) is 37.3 Å². The van der Waals surface area contributed by atoms with Crippen LogP contribution in [0.5, 0.6) is 0 Å². The molecule has 1 saturated carbocycles. The van der Waals surface area contributed by atoms with Gasteiger partial charge in [-0.1, -0.05) is 43.2 Å². The van der Waals surface area contributed by atoms with Gasteiger partial charge < -0.3 is 5.73 Å². The standard InChI is InChI=1S/C13H19N/c1-11(14)13(9-5-6-10-13)12-7-3-2-4-8-12/h2-4,7-8,11H,5-6,9-10,14H2,1H3/t11-/m1/s1. The summed E-state index contributed by atoms with van der Waals surface area (Å²) in [4.78, 5) is 0. The lowest BCUT2D eigenvalue weighted by Gasteiger charge is -2.33. The molecule has 0 amide bonds. The second-order valence-corrected chi connectivity index (χ2v) is 4.52. The van der Waals surface area contributed by atoms with Gasteiger partial charge >= 0.3 is 0 Å². The Bertz CT molecular complexity index is 283. The van der Waals surface area contributed by atoms with Gasteiger partial charge in [0.2, 0.25) is 0 Å². The molecule has 0 radical (unpaired) electrons. The van der Waals surface area contributed by atoms with Crippen molar-refractivity contribution in [1.82, 2.24) is 0 Å². The highest BCUT2D eigenvalue weighted by Crippen LogP contribution is 2.42. The molecule has 1 nitrogen and oxygen atoms in total. The molecule has 1 aromatic carbocycles. The first-order valence-corrected chi connectivity index (χ1v) is 5.57. The fourth-order valence-electron chi connectivity index (χ4n) is 2.78. The molecule has 0 bridgehead atoms. The summed E-state index contributed by atoms with van der Waals surface area (Å²) >= 11 is 0. The van der Waals surface area contributed by atoms with Crippen LogP contribution < -0.4 is 5.73 Å². The first kappa shape index (κ1) is 9.72. The topological polar surface area (TPSA) is 26.0 Å². The number of rotatable bonds is 2. The van der Waals surface area contributed by atoms with Crippen LogP contribution in [0.15, 0.2) is 30.3 Å². The Morgan fingerprint density at radius 3 is 2.21 bits per heavy atom. The van der Waals surface area contributed by atoms with Crippen LogP contribution in [0.2, 0.25) is 0 Å². The van der Waals surface area contributed by atoms with Gasteiger partial charge in [-0.15, -0.1) is 0 Å². The molecule has 1 heteroatoms. The van der Waals surface area contributed by atoms with Crippen molar-refractivity contribution in [2.24, 2.45) is 5.73 Å². The number of benzene rings is 1. The van der Waals surface area contributed by atoms with Crippen LogP contribution in [-0.2, 0) is 5.41 Å². The van der Waals surface area contributed by atoms with E-state index < -0.39 is 0 Å². The molecule has 0 spiro atoms. The molecule has 0 aliphatic heterocycles. The summed E-state index contributed by atoms with van der Waals surface area (Å²) in [6, 6.07) is 11.1. The minimum atomic E-state index is 0.265. The maximum Gasteiger partial charge on any atom is 0.0108 e. The minimum absolute atomic E-state index is 0.265. The van der Waals surface area contributed by atoms with E-state index in [1.807, 2.05) is 0 Å². The van der Waals surface area contributed by atoms with Crippen LogP contribution in [-0.4, -0.2) is 6.04 Å². The van der Waals surface area contributed by atoms with Gasteiger partial charge in [0.05, 0.1) is 0 Å². The Labute approximate surface area is 86.3 Å². The average molecular weight is 189 g/mol. The van der Waals surface area contributed by atoms with Gasteiger partial charge in [-0.2, -0.15) is 0 Å². The number of nitrogens with two attached hydrogens (primary N) is 1. The third kappa shape index (κ3) is 1.46. The summed E-state index contributed by atoms with van der Waals surface area (Å²) in [6.07, 6.45) is 5.18. The summed E-state index contributed by atoms with van der Waals surface area (Å²) < 4.78 is 0. The molecule has 2 N–H and O–H groups in total. The van der Waals surface area contributed by atoms with Crippen LogP contribution in [0.4, 0.5) is 0 Å². The molecule has 14 heavy (non-hydrogen) atoms. The molecule has 1 aliphatic carbocycles. The van der Waals surface area contributed by atoms with Crippen LogP contribution >= 0.6 is 0 Å². The number of hydrogen-bond acceptors (Lipinski definition) is 1. The minimum Gasteiger partial charge on any atom is -0.327 e. The first-order chi connectivity index (χ1) is 6.76. The lowest BCUT2D eigenvalue weighted by Crippen LogP contribution is -2.41. The molecule has 0 aromatic heterocycles. The normalized spacial score (nSPS) is 22.1. The zero-order valence-electron chi connectivity index (χ0n) is 8.87. The lowest BCUT2D eigenvalue weighted by molar-refractivity contribution is 0.368. The van der Waals surface area contributed by atoms with Crippen molar-refractivity contribution in [3.05, 3.63) is 35.9 Å². The molecular weight excluding hydrogens is 170 g/mol. The fourth-order valence-corrected chi connectivity index (χ4v) is 2.78. The predicted molar refractivity (Wildman–Crippen MR) is 60.2 cm³/mol. The Morgan fingerprint density at radius 2 is 1.71 bits per heavy atom. The van der Waals surface area contributed by atoms with E-state index in [9.17, 15) is 0 Å². The summed E-state index contributed by atoms with van der Waals surface area (Å²) in [5.41, 5.74) is 7.87. The number of hydrogen-bond donors (Lipinski definition) is 1. The van der Waals surface area contributed by atoms with Gasteiger partial charge in [-0.05, 0) is 25.3 Å². The molecule has 76 valence electrons. The van der Waals surface area contributed by atoms with Gasteiger partial charge in [-0.25, -0.2) is 0 Å². The first-order valence-electron chi connectivity index (χ1n) is 5.57. The van der Waals surface area contributed by atoms with Crippen LogP contribution in [0, 0.1) is 0 Å². The van der Waals surface area contributed by atoms with Gasteiger partial charge in [0.1, 0.15) is 0 Å². The van der Waals surface area contributed by atoms with Gasteiger partial charge in [0, 0.05) is 11.5 Å². The summed E-state index contributed by atoms with van der Waals surface area (Å²) in [5.74, 6) is 0. The van der Waals surface area contributed by atoms with Gasteiger partial charge in [0.25, 0.3) is 0 Å². The summed E-state index contributed by atoms with van der Waals surface area (Å²) in [7, 11) is 0. The Hall–Kier alpha value is -0.820. The lowest BCUT2D eigenvalue weighted by atomic mass is 9.74. The van der Waals surface area contributed by atoms with Crippen molar-refractivity contribution in [1.29, 1.82) is 0 Å².